The standard InChI is InChI=1S/C17H24BrN5O4/c1-16(2,3)27-15(25)22-7-5-17(26,6-8-22)9-23-10-19-11-12(14(23)24)20-21(4)13(11)18/h10,26H,5-9H2,1-4H3. The van der Waals surface area contributed by atoms with Crippen LogP contribution in [0.1, 0.15) is 33.6 Å². The van der Waals surface area contributed by atoms with Crippen molar-refractivity contribution in [3.8, 4) is 0 Å². The van der Waals surface area contributed by atoms with Gasteiger partial charge in [-0.2, -0.15) is 5.10 Å². The van der Waals surface area contributed by atoms with Crippen LogP contribution in [0.4, 0.5) is 4.79 Å². The Labute approximate surface area is 165 Å². The van der Waals surface area contributed by atoms with E-state index < -0.39 is 11.2 Å². The third-order valence-electron chi connectivity index (χ3n) is 4.55. The van der Waals surface area contributed by atoms with Gasteiger partial charge in [0.15, 0.2) is 5.52 Å². The van der Waals surface area contributed by atoms with Crippen LogP contribution in [0.15, 0.2) is 15.7 Å². The first-order valence-corrected chi connectivity index (χ1v) is 9.56. The van der Waals surface area contributed by atoms with Crippen LogP contribution in [0.25, 0.3) is 11.0 Å². The van der Waals surface area contributed by atoms with Crippen LogP contribution < -0.4 is 5.56 Å². The highest BCUT2D eigenvalue weighted by Gasteiger charge is 2.36. The quantitative estimate of drug-likeness (QED) is 0.759. The number of ether oxygens (including phenoxy) is 1. The molecule has 1 aliphatic heterocycles. The van der Waals surface area contributed by atoms with Crippen molar-refractivity contribution in [2.75, 3.05) is 13.1 Å². The van der Waals surface area contributed by atoms with Gasteiger partial charge < -0.3 is 14.7 Å². The molecular formula is C17H24BrN5O4. The van der Waals surface area contributed by atoms with Crippen LogP contribution in [0.2, 0.25) is 0 Å². The second-order valence-electron chi connectivity index (χ2n) is 7.98. The molecule has 0 radical (unpaired) electrons. The van der Waals surface area contributed by atoms with Crippen LogP contribution in [-0.4, -0.2) is 59.7 Å². The largest absolute Gasteiger partial charge is 0.444 e. The van der Waals surface area contributed by atoms with Crippen LogP contribution in [-0.2, 0) is 18.3 Å². The molecule has 0 aliphatic carbocycles. The number of aryl methyl sites for hydroxylation is 1. The highest BCUT2D eigenvalue weighted by molar-refractivity contribution is 9.10. The van der Waals surface area contributed by atoms with Gasteiger partial charge in [-0.25, -0.2) is 9.78 Å². The summed E-state index contributed by atoms with van der Waals surface area (Å²) < 4.78 is 8.92. The summed E-state index contributed by atoms with van der Waals surface area (Å²) >= 11 is 3.35. The lowest BCUT2D eigenvalue weighted by atomic mass is 9.91. The lowest BCUT2D eigenvalue weighted by Crippen LogP contribution is -2.50. The number of carbonyl (C=O) groups is 1. The van der Waals surface area contributed by atoms with Crippen LogP contribution >= 0.6 is 15.9 Å². The third kappa shape index (κ3) is 4.16. The number of aliphatic hydroxyl groups is 1. The minimum atomic E-state index is -1.09. The van der Waals surface area contributed by atoms with E-state index in [9.17, 15) is 14.7 Å². The maximum Gasteiger partial charge on any atom is 0.410 e. The van der Waals surface area contributed by atoms with E-state index in [1.54, 1.807) is 11.9 Å². The Bertz CT molecular complexity index is 922. The van der Waals surface area contributed by atoms with Gasteiger partial charge in [0.2, 0.25) is 0 Å². The molecule has 2 aromatic rings. The Morgan fingerprint density at radius 3 is 2.56 bits per heavy atom. The molecule has 3 rings (SSSR count). The number of aromatic nitrogens is 4. The van der Waals surface area contributed by atoms with Gasteiger partial charge in [-0.05, 0) is 49.5 Å². The zero-order valence-corrected chi connectivity index (χ0v) is 17.5. The van der Waals surface area contributed by atoms with E-state index in [-0.39, 0.29) is 23.7 Å². The Hall–Kier alpha value is -1.94. The first-order chi connectivity index (χ1) is 12.5. The smallest absolute Gasteiger partial charge is 0.410 e. The fourth-order valence-corrected chi connectivity index (χ4v) is 3.46. The molecule has 0 bridgehead atoms. The number of hydrogen-bond donors (Lipinski definition) is 1. The van der Waals surface area contributed by atoms with Crippen molar-refractivity contribution < 1.29 is 14.6 Å². The van der Waals surface area contributed by atoms with E-state index in [2.05, 4.69) is 26.0 Å². The highest BCUT2D eigenvalue weighted by Crippen LogP contribution is 2.25. The summed E-state index contributed by atoms with van der Waals surface area (Å²) in [6.07, 6.45) is 1.74. The number of carbonyl (C=O) groups excluding carboxylic acids is 1. The summed E-state index contributed by atoms with van der Waals surface area (Å²) in [5, 5.41) is 15.1. The SMILES string of the molecule is Cn1nc2c(=O)n(CC3(O)CCN(C(=O)OC(C)(C)C)CC3)cnc2c1Br. The molecule has 1 aliphatic rings. The van der Waals surface area contributed by atoms with E-state index in [1.165, 1.54) is 15.6 Å². The van der Waals surface area contributed by atoms with Crippen molar-refractivity contribution in [2.45, 2.75) is 51.4 Å². The molecule has 0 atom stereocenters. The average molecular weight is 442 g/mol. The molecule has 0 spiro atoms. The van der Waals surface area contributed by atoms with Crippen molar-refractivity contribution in [1.29, 1.82) is 0 Å². The molecule has 1 amide bonds. The summed E-state index contributed by atoms with van der Waals surface area (Å²) in [7, 11) is 1.72. The minimum Gasteiger partial charge on any atom is -0.444 e. The van der Waals surface area contributed by atoms with Crippen molar-refractivity contribution >= 4 is 33.1 Å². The number of amides is 1. The van der Waals surface area contributed by atoms with Crippen LogP contribution in [0.3, 0.4) is 0 Å². The predicted octanol–water partition coefficient (Wildman–Crippen LogP) is 1.65. The molecule has 3 heterocycles. The zero-order valence-electron chi connectivity index (χ0n) is 15.9. The first-order valence-electron chi connectivity index (χ1n) is 8.77. The Morgan fingerprint density at radius 1 is 1.33 bits per heavy atom. The molecule has 0 saturated carbocycles. The van der Waals surface area contributed by atoms with Gasteiger partial charge in [0.05, 0.1) is 18.5 Å². The molecule has 2 aromatic heterocycles. The monoisotopic (exact) mass is 441 g/mol. The molecule has 148 valence electrons. The Kier molecular flexibility index (Phi) is 5.06. The first kappa shape index (κ1) is 19.8. The van der Waals surface area contributed by atoms with Gasteiger partial charge in [-0.1, -0.05) is 0 Å². The fraction of sp³-hybridized carbons (Fsp3) is 0.647. The van der Waals surface area contributed by atoms with E-state index in [0.29, 0.717) is 36.1 Å². The topological polar surface area (TPSA) is 102 Å². The molecule has 1 fully saturated rings. The number of hydrogen-bond acceptors (Lipinski definition) is 6. The molecular weight excluding hydrogens is 418 g/mol. The summed E-state index contributed by atoms with van der Waals surface area (Å²) in [5.41, 5.74) is -1.21. The van der Waals surface area contributed by atoms with Crippen LogP contribution in [0, 0.1) is 0 Å². The van der Waals surface area contributed by atoms with Crippen molar-refractivity contribution in [1.82, 2.24) is 24.2 Å². The van der Waals surface area contributed by atoms with Gasteiger partial charge >= 0.3 is 6.09 Å². The molecule has 0 unspecified atom stereocenters. The summed E-state index contributed by atoms with van der Waals surface area (Å²) in [6.45, 7) is 6.28. The Morgan fingerprint density at radius 2 is 1.96 bits per heavy atom. The maximum absolute atomic E-state index is 12.7. The number of fused-ring (bicyclic) bond motifs is 1. The molecule has 1 N–H and O–H groups in total. The zero-order chi connectivity index (χ0) is 20.0. The number of likely N-dealkylation sites (tertiary alicyclic amines) is 1. The normalized spacial score (nSPS) is 17.3. The molecule has 0 aromatic carbocycles. The van der Waals surface area contributed by atoms with Crippen molar-refractivity contribution in [2.24, 2.45) is 7.05 Å². The van der Waals surface area contributed by atoms with Crippen molar-refractivity contribution in [3.05, 3.63) is 21.3 Å². The van der Waals surface area contributed by atoms with Gasteiger partial charge in [0, 0.05) is 20.1 Å². The highest BCUT2D eigenvalue weighted by atomic mass is 79.9. The number of rotatable bonds is 2. The second-order valence-corrected chi connectivity index (χ2v) is 8.73. The van der Waals surface area contributed by atoms with E-state index >= 15 is 0 Å². The van der Waals surface area contributed by atoms with E-state index in [4.69, 9.17) is 4.74 Å². The second kappa shape index (κ2) is 6.90. The fourth-order valence-electron chi connectivity index (χ4n) is 3.09. The molecule has 10 heteroatoms. The van der Waals surface area contributed by atoms with E-state index in [0.717, 1.165) is 0 Å². The van der Waals surface area contributed by atoms with Gasteiger partial charge in [-0.3, -0.25) is 14.0 Å². The van der Waals surface area contributed by atoms with Crippen LogP contribution in [0.5, 0.6) is 0 Å². The summed E-state index contributed by atoms with van der Waals surface area (Å²) in [6, 6.07) is 0. The number of halogens is 1. The molecule has 9 nitrogen and oxygen atoms in total. The predicted molar refractivity (Wildman–Crippen MR) is 102 cm³/mol. The van der Waals surface area contributed by atoms with Crippen molar-refractivity contribution in [3.63, 3.8) is 0 Å². The number of nitrogens with zero attached hydrogens (tertiary/aromatic N) is 5. The average Bonchev–Trinajstić information content (AvgIpc) is 2.85. The lowest BCUT2D eigenvalue weighted by Gasteiger charge is -2.38. The number of piperidine rings is 1. The maximum atomic E-state index is 12.7. The molecule has 1 saturated heterocycles. The van der Waals surface area contributed by atoms with Gasteiger partial charge in [-0.15, -0.1) is 0 Å². The third-order valence-corrected chi connectivity index (χ3v) is 5.44. The molecule has 27 heavy (non-hydrogen) atoms. The Balaban J connectivity index is 1.72. The lowest BCUT2D eigenvalue weighted by molar-refractivity contribution is -0.0419. The van der Waals surface area contributed by atoms with Gasteiger partial charge in [0.1, 0.15) is 15.7 Å². The van der Waals surface area contributed by atoms with E-state index in [1.807, 2.05) is 20.8 Å². The summed E-state index contributed by atoms with van der Waals surface area (Å²) in [4.78, 5) is 30.7. The van der Waals surface area contributed by atoms with Gasteiger partial charge in [0.25, 0.3) is 5.56 Å². The summed E-state index contributed by atoms with van der Waals surface area (Å²) in [5.74, 6) is 0. The minimum absolute atomic E-state index is 0.102.